The third-order valence-corrected chi connectivity index (χ3v) is 6.16. The molecule has 0 unspecified atom stereocenters. The molecule has 0 radical (unpaired) electrons. The van der Waals surface area contributed by atoms with Gasteiger partial charge in [-0.15, -0.1) is 0 Å². The summed E-state index contributed by atoms with van der Waals surface area (Å²) in [5.41, 5.74) is 5.38. The molecule has 2 rings (SSSR count). The van der Waals surface area contributed by atoms with E-state index in [9.17, 15) is 8.42 Å². The van der Waals surface area contributed by atoms with Gasteiger partial charge >= 0.3 is 0 Å². The molecule has 2 aliphatic rings. The van der Waals surface area contributed by atoms with Gasteiger partial charge in [0.05, 0.1) is 6.54 Å². The van der Waals surface area contributed by atoms with Crippen LogP contribution in [0.15, 0.2) is 0 Å². The topological polar surface area (TPSA) is 93.7 Å². The minimum absolute atomic E-state index is 0.131. The molecule has 2 aliphatic heterocycles. The van der Waals surface area contributed by atoms with Crippen molar-refractivity contribution in [2.24, 2.45) is 11.7 Å². The summed E-state index contributed by atoms with van der Waals surface area (Å²) in [6, 6.07) is 0. The van der Waals surface area contributed by atoms with Crippen LogP contribution < -0.4 is 5.73 Å². The zero-order valence-electron chi connectivity index (χ0n) is 12.1. The van der Waals surface area contributed by atoms with E-state index in [1.54, 1.807) is 8.61 Å². The summed E-state index contributed by atoms with van der Waals surface area (Å²) in [7, 11) is -3.31. The Kier molecular flexibility index (Phi) is 5.00. The van der Waals surface area contributed by atoms with Crippen LogP contribution in [0, 0.1) is 11.3 Å². The number of piperidine rings is 1. The average Bonchev–Trinajstić information content (AvgIpc) is 2.39. The molecule has 20 heavy (non-hydrogen) atoms. The van der Waals surface area contributed by atoms with Crippen molar-refractivity contribution in [3.63, 3.8) is 0 Å². The first kappa shape index (κ1) is 15.7. The second kappa shape index (κ2) is 6.38. The highest BCUT2D eigenvalue weighted by Gasteiger charge is 2.33. The van der Waals surface area contributed by atoms with E-state index in [1.165, 1.54) is 0 Å². The Morgan fingerprint density at radius 3 is 2.10 bits per heavy atom. The first-order valence-corrected chi connectivity index (χ1v) is 8.60. The van der Waals surface area contributed by atoms with Gasteiger partial charge in [-0.25, -0.2) is 0 Å². The van der Waals surface area contributed by atoms with Crippen LogP contribution in [0.4, 0.5) is 0 Å². The fourth-order valence-electron chi connectivity index (χ4n) is 2.74. The number of rotatable bonds is 4. The zero-order chi connectivity index (χ0) is 14.8. The average molecular weight is 303 g/mol. The Bertz CT molecular complexity index is 437. The summed E-state index contributed by atoms with van der Waals surface area (Å²) >= 11 is 0. The summed E-state index contributed by atoms with van der Waals surface area (Å²) < 4.78 is 28.3. The lowest BCUT2D eigenvalue weighted by molar-refractivity contribution is 0.192. The van der Waals surface area contributed by atoms with Crippen molar-refractivity contribution >= 4 is 16.0 Å². The van der Waals surface area contributed by atoms with E-state index in [0.29, 0.717) is 51.7 Å². The predicted octanol–water partition coefficient (Wildman–Crippen LogP) is -0.483. The molecule has 7 nitrogen and oxygen atoms in total. The van der Waals surface area contributed by atoms with Gasteiger partial charge in [0.15, 0.2) is 0 Å². The molecular formula is C12H25N5O2S. The number of piperazine rings is 1. The van der Waals surface area contributed by atoms with Crippen LogP contribution in [-0.4, -0.2) is 73.6 Å². The van der Waals surface area contributed by atoms with Crippen molar-refractivity contribution in [1.29, 1.82) is 5.41 Å². The van der Waals surface area contributed by atoms with Gasteiger partial charge in [-0.1, -0.05) is 6.92 Å². The molecule has 0 spiro atoms. The first-order valence-electron chi connectivity index (χ1n) is 7.20. The molecule has 2 fully saturated rings. The van der Waals surface area contributed by atoms with Crippen LogP contribution in [0.1, 0.15) is 19.8 Å². The van der Waals surface area contributed by atoms with Crippen molar-refractivity contribution in [2.75, 3.05) is 45.8 Å². The molecule has 3 N–H and O–H groups in total. The van der Waals surface area contributed by atoms with Gasteiger partial charge < -0.3 is 5.73 Å². The standard InChI is InChI=1S/C12H25N5O2S/c1-11-2-4-16(5-3-11)20(18,19)17-8-6-15(7-9-17)10-12(13)14/h11H,2-10H2,1H3,(H3,13,14). The van der Waals surface area contributed by atoms with Gasteiger partial charge in [-0.3, -0.25) is 10.3 Å². The lowest BCUT2D eigenvalue weighted by Crippen LogP contribution is -2.55. The van der Waals surface area contributed by atoms with Gasteiger partial charge in [-0.05, 0) is 18.8 Å². The molecular weight excluding hydrogens is 278 g/mol. The minimum Gasteiger partial charge on any atom is -0.387 e. The van der Waals surface area contributed by atoms with Gasteiger partial charge in [0.1, 0.15) is 5.84 Å². The van der Waals surface area contributed by atoms with Crippen LogP contribution in [0.3, 0.4) is 0 Å². The molecule has 2 heterocycles. The maximum absolute atomic E-state index is 12.5. The predicted molar refractivity (Wildman–Crippen MR) is 78.8 cm³/mol. The molecule has 0 atom stereocenters. The van der Waals surface area contributed by atoms with Crippen molar-refractivity contribution in [1.82, 2.24) is 13.5 Å². The lowest BCUT2D eigenvalue weighted by Gasteiger charge is -2.38. The fourth-order valence-corrected chi connectivity index (χ4v) is 4.36. The van der Waals surface area contributed by atoms with Crippen LogP contribution in [0.5, 0.6) is 0 Å². The van der Waals surface area contributed by atoms with Crippen LogP contribution in [0.2, 0.25) is 0 Å². The summed E-state index contributed by atoms with van der Waals surface area (Å²) in [5, 5.41) is 7.28. The maximum Gasteiger partial charge on any atom is 0.282 e. The third-order valence-electron chi connectivity index (χ3n) is 4.12. The van der Waals surface area contributed by atoms with Crippen LogP contribution in [-0.2, 0) is 10.2 Å². The molecule has 0 aromatic rings. The highest BCUT2D eigenvalue weighted by atomic mass is 32.2. The highest BCUT2D eigenvalue weighted by molar-refractivity contribution is 7.86. The molecule has 2 saturated heterocycles. The Labute approximate surface area is 121 Å². The molecule has 0 bridgehead atoms. The Balaban J connectivity index is 1.90. The molecule has 0 aromatic carbocycles. The number of hydrogen-bond donors (Lipinski definition) is 2. The van der Waals surface area contributed by atoms with Crippen LogP contribution >= 0.6 is 0 Å². The molecule has 8 heteroatoms. The van der Waals surface area contributed by atoms with Crippen molar-refractivity contribution < 1.29 is 8.42 Å². The third kappa shape index (κ3) is 3.69. The molecule has 0 saturated carbocycles. The summed E-state index contributed by atoms with van der Waals surface area (Å²) in [6.07, 6.45) is 1.90. The summed E-state index contributed by atoms with van der Waals surface area (Å²) in [4.78, 5) is 2.02. The normalized spacial score (nSPS) is 24.9. The lowest BCUT2D eigenvalue weighted by atomic mass is 10.0. The minimum atomic E-state index is -3.31. The number of nitrogens with zero attached hydrogens (tertiary/aromatic N) is 3. The van der Waals surface area contributed by atoms with E-state index in [0.717, 1.165) is 12.8 Å². The summed E-state index contributed by atoms with van der Waals surface area (Å²) in [6.45, 7) is 6.13. The van der Waals surface area contributed by atoms with E-state index in [2.05, 4.69) is 6.92 Å². The van der Waals surface area contributed by atoms with Crippen molar-refractivity contribution in [3.05, 3.63) is 0 Å². The number of nitrogens with one attached hydrogen (secondary N) is 1. The Hall–Kier alpha value is -0.700. The number of amidine groups is 1. The van der Waals surface area contributed by atoms with Crippen molar-refractivity contribution in [2.45, 2.75) is 19.8 Å². The monoisotopic (exact) mass is 303 g/mol. The van der Waals surface area contributed by atoms with Crippen LogP contribution in [0.25, 0.3) is 0 Å². The SMILES string of the molecule is CC1CCN(S(=O)(=O)N2CCN(CC(=N)N)CC2)CC1. The van der Waals surface area contributed by atoms with Crippen molar-refractivity contribution in [3.8, 4) is 0 Å². The highest BCUT2D eigenvalue weighted by Crippen LogP contribution is 2.21. The van der Waals surface area contributed by atoms with E-state index >= 15 is 0 Å². The second-order valence-electron chi connectivity index (χ2n) is 5.79. The number of nitrogens with two attached hydrogens (primary N) is 1. The largest absolute Gasteiger partial charge is 0.387 e. The molecule has 0 aliphatic carbocycles. The molecule has 116 valence electrons. The zero-order valence-corrected chi connectivity index (χ0v) is 12.9. The van der Waals surface area contributed by atoms with E-state index in [4.69, 9.17) is 11.1 Å². The number of hydrogen-bond acceptors (Lipinski definition) is 4. The van der Waals surface area contributed by atoms with E-state index < -0.39 is 10.2 Å². The second-order valence-corrected chi connectivity index (χ2v) is 7.72. The smallest absolute Gasteiger partial charge is 0.282 e. The summed E-state index contributed by atoms with van der Waals surface area (Å²) in [5.74, 6) is 0.750. The first-order chi connectivity index (χ1) is 9.39. The Morgan fingerprint density at radius 1 is 1.10 bits per heavy atom. The van der Waals surface area contributed by atoms with Gasteiger partial charge in [0.25, 0.3) is 10.2 Å². The van der Waals surface area contributed by atoms with E-state index in [-0.39, 0.29) is 5.84 Å². The van der Waals surface area contributed by atoms with Gasteiger partial charge in [0.2, 0.25) is 0 Å². The maximum atomic E-state index is 12.5. The Morgan fingerprint density at radius 2 is 1.60 bits per heavy atom. The quantitative estimate of drug-likeness (QED) is 0.542. The van der Waals surface area contributed by atoms with Gasteiger partial charge in [0, 0.05) is 39.3 Å². The van der Waals surface area contributed by atoms with E-state index in [1.807, 2.05) is 4.90 Å². The molecule has 0 aromatic heterocycles. The molecule has 0 amide bonds. The van der Waals surface area contributed by atoms with Gasteiger partial charge in [-0.2, -0.15) is 17.0 Å². The fraction of sp³-hybridized carbons (Fsp3) is 0.917.